The fourth-order valence-electron chi connectivity index (χ4n) is 1.50. The van der Waals surface area contributed by atoms with Gasteiger partial charge in [-0.05, 0) is 13.0 Å². The van der Waals surface area contributed by atoms with Crippen molar-refractivity contribution in [2.45, 2.75) is 19.0 Å². The van der Waals surface area contributed by atoms with Crippen LogP contribution in [-0.4, -0.2) is 12.8 Å². The lowest BCUT2D eigenvalue weighted by atomic mass is 10.0. The third-order valence-corrected chi connectivity index (χ3v) is 2.35. The molecule has 1 aliphatic heterocycles. The Hall–Kier alpha value is -1.26. The molecule has 0 amide bonds. The monoisotopic (exact) mass is 194 g/mol. The molecule has 1 aromatic carbocycles. The third-order valence-electron chi connectivity index (χ3n) is 2.35. The summed E-state index contributed by atoms with van der Waals surface area (Å²) in [5.41, 5.74) is 12.6. The van der Waals surface area contributed by atoms with Crippen molar-refractivity contribution in [2.24, 2.45) is 11.5 Å². The quantitative estimate of drug-likeness (QED) is 0.729. The van der Waals surface area contributed by atoms with Crippen LogP contribution in [0.5, 0.6) is 11.5 Å². The van der Waals surface area contributed by atoms with Gasteiger partial charge >= 0.3 is 0 Å². The molecule has 0 fully saturated rings. The number of nitrogens with two attached hydrogens (primary N) is 2. The molecule has 4 nitrogen and oxygen atoms in total. The standard InChI is InChI=1S/C10H14N2O2/c1-6(11)9(12)7-3-2-4-8-10(7)14-5-13-8/h2-4,6,9H,5,11-12H2,1H3. The minimum Gasteiger partial charge on any atom is -0.454 e. The van der Waals surface area contributed by atoms with Gasteiger partial charge in [0.15, 0.2) is 11.5 Å². The number of ether oxygens (including phenoxy) is 2. The number of fused-ring (bicyclic) bond motifs is 1. The fraction of sp³-hybridized carbons (Fsp3) is 0.400. The second-order valence-corrected chi connectivity index (χ2v) is 3.47. The molecule has 1 heterocycles. The second kappa shape index (κ2) is 3.48. The number of benzene rings is 1. The van der Waals surface area contributed by atoms with Gasteiger partial charge in [0.05, 0.1) is 0 Å². The van der Waals surface area contributed by atoms with Gasteiger partial charge in [-0.25, -0.2) is 0 Å². The van der Waals surface area contributed by atoms with E-state index >= 15 is 0 Å². The fourth-order valence-corrected chi connectivity index (χ4v) is 1.50. The Morgan fingerprint density at radius 1 is 1.29 bits per heavy atom. The van der Waals surface area contributed by atoms with Crippen LogP contribution < -0.4 is 20.9 Å². The zero-order chi connectivity index (χ0) is 10.1. The molecule has 0 bridgehead atoms. The van der Waals surface area contributed by atoms with Crippen molar-refractivity contribution >= 4 is 0 Å². The number of hydrogen-bond acceptors (Lipinski definition) is 4. The summed E-state index contributed by atoms with van der Waals surface area (Å²) in [6.45, 7) is 2.14. The van der Waals surface area contributed by atoms with E-state index in [1.54, 1.807) is 0 Å². The molecule has 1 aromatic rings. The molecule has 2 unspecified atom stereocenters. The maximum absolute atomic E-state index is 5.95. The van der Waals surface area contributed by atoms with E-state index in [-0.39, 0.29) is 18.9 Å². The predicted molar refractivity (Wildman–Crippen MR) is 53.1 cm³/mol. The van der Waals surface area contributed by atoms with Crippen molar-refractivity contribution in [1.82, 2.24) is 0 Å². The Morgan fingerprint density at radius 3 is 2.79 bits per heavy atom. The van der Waals surface area contributed by atoms with Crippen molar-refractivity contribution < 1.29 is 9.47 Å². The molecule has 2 atom stereocenters. The summed E-state index contributed by atoms with van der Waals surface area (Å²) < 4.78 is 10.6. The Kier molecular flexibility index (Phi) is 2.31. The third kappa shape index (κ3) is 1.42. The molecule has 0 saturated carbocycles. The van der Waals surface area contributed by atoms with Crippen molar-refractivity contribution in [3.8, 4) is 11.5 Å². The summed E-state index contributed by atoms with van der Waals surface area (Å²) in [6.07, 6.45) is 0. The lowest BCUT2D eigenvalue weighted by Crippen LogP contribution is -2.31. The Balaban J connectivity index is 2.39. The first-order valence-corrected chi connectivity index (χ1v) is 4.60. The molecule has 76 valence electrons. The molecule has 0 radical (unpaired) electrons. The van der Waals surface area contributed by atoms with Gasteiger partial charge in [-0.3, -0.25) is 0 Å². The summed E-state index contributed by atoms with van der Waals surface area (Å²) in [4.78, 5) is 0. The summed E-state index contributed by atoms with van der Waals surface area (Å²) in [7, 11) is 0. The number of para-hydroxylation sites is 1. The van der Waals surface area contributed by atoms with Crippen molar-refractivity contribution in [2.75, 3.05) is 6.79 Å². The zero-order valence-electron chi connectivity index (χ0n) is 8.07. The lowest BCUT2D eigenvalue weighted by molar-refractivity contribution is 0.173. The molecule has 2 rings (SSSR count). The predicted octanol–water partition coefficient (Wildman–Crippen LogP) is 0.762. The molecule has 0 spiro atoms. The first kappa shape index (κ1) is 9.30. The van der Waals surface area contributed by atoms with Gasteiger partial charge in [-0.1, -0.05) is 12.1 Å². The van der Waals surface area contributed by atoms with E-state index in [0.717, 1.165) is 17.1 Å². The minimum atomic E-state index is -0.216. The summed E-state index contributed by atoms with van der Waals surface area (Å²) >= 11 is 0. The number of rotatable bonds is 2. The highest BCUT2D eigenvalue weighted by atomic mass is 16.7. The molecule has 4 N–H and O–H groups in total. The van der Waals surface area contributed by atoms with Gasteiger partial charge in [-0.15, -0.1) is 0 Å². The molecule has 0 saturated heterocycles. The number of hydrogen-bond donors (Lipinski definition) is 2. The molecule has 0 aliphatic carbocycles. The SMILES string of the molecule is CC(N)C(N)c1cccc2c1OCO2. The van der Waals surface area contributed by atoms with Crippen LogP contribution in [0.3, 0.4) is 0 Å². The summed E-state index contributed by atoms with van der Waals surface area (Å²) in [5.74, 6) is 1.48. The highest BCUT2D eigenvalue weighted by Gasteiger charge is 2.22. The molecule has 1 aliphatic rings. The van der Waals surface area contributed by atoms with Gasteiger partial charge < -0.3 is 20.9 Å². The smallest absolute Gasteiger partial charge is 0.231 e. The molecular weight excluding hydrogens is 180 g/mol. The Bertz CT molecular complexity index is 339. The topological polar surface area (TPSA) is 70.5 Å². The van der Waals surface area contributed by atoms with Crippen LogP contribution in [0.25, 0.3) is 0 Å². The zero-order valence-corrected chi connectivity index (χ0v) is 8.07. The van der Waals surface area contributed by atoms with E-state index in [4.69, 9.17) is 20.9 Å². The van der Waals surface area contributed by atoms with E-state index in [2.05, 4.69) is 0 Å². The summed E-state index contributed by atoms with van der Waals surface area (Å²) in [5, 5.41) is 0. The average Bonchev–Trinajstić information content (AvgIpc) is 2.63. The average molecular weight is 194 g/mol. The van der Waals surface area contributed by atoms with E-state index in [1.165, 1.54) is 0 Å². The van der Waals surface area contributed by atoms with Gasteiger partial charge in [-0.2, -0.15) is 0 Å². The molecule has 0 aromatic heterocycles. The van der Waals surface area contributed by atoms with E-state index in [0.29, 0.717) is 0 Å². The Morgan fingerprint density at radius 2 is 2.07 bits per heavy atom. The largest absolute Gasteiger partial charge is 0.454 e. The summed E-state index contributed by atoms with van der Waals surface area (Å²) in [6, 6.07) is 5.35. The normalized spacial score (nSPS) is 17.9. The van der Waals surface area contributed by atoms with Crippen LogP contribution in [0.1, 0.15) is 18.5 Å². The van der Waals surface area contributed by atoms with E-state index in [9.17, 15) is 0 Å². The van der Waals surface area contributed by atoms with Crippen LogP contribution in [0, 0.1) is 0 Å². The van der Waals surface area contributed by atoms with E-state index in [1.807, 2.05) is 25.1 Å². The molecular formula is C10H14N2O2. The highest BCUT2D eigenvalue weighted by molar-refractivity contribution is 5.49. The van der Waals surface area contributed by atoms with Gasteiger partial charge in [0.2, 0.25) is 6.79 Å². The van der Waals surface area contributed by atoms with Crippen molar-refractivity contribution in [3.05, 3.63) is 23.8 Å². The second-order valence-electron chi connectivity index (χ2n) is 3.47. The van der Waals surface area contributed by atoms with Crippen LogP contribution in [-0.2, 0) is 0 Å². The molecule has 4 heteroatoms. The minimum absolute atomic E-state index is 0.106. The lowest BCUT2D eigenvalue weighted by Gasteiger charge is -2.17. The van der Waals surface area contributed by atoms with Crippen molar-refractivity contribution in [1.29, 1.82) is 0 Å². The van der Waals surface area contributed by atoms with Gasteiger partial charge in [0.1, 0.15) is 0 Å². The van der Waals surface area contributed by atoms with E-state index < -0.39 is 0 Å². The van der Waals surface area contributed by atoms with Gasteiger partial charge in [0, 0.05) is 17.6 Å². The first-order chi connectivity index (χ1) is 6.70. The van der Waals surface area contributed by atoms with Crippen molar-refractivity contribution in [3.63, 3.8) is 0 Å². The molecule has 14 heavy (non-hydrogen) atoms. The van der Waals surface area contributed by atoms with Gasteiger partial charge in [0.25, 0.3) is 0 Å². The maximum atomic E-state index is 5.95. The highest BCUT2D eigenvalue weighted by Crippen LogP contribution is 2.38. The first-order valence-electron chi connectivity index (χ1n) is 4.60. The van der Waals surface area contributed by atoms with Crippen LogP contribution in [0.2, 0.25) is 0 Å². The van der Waals surface area contributed by atoms with Crippen LogP contribution >= 0.6 is 0 Å². The van der Waals surface area contributed by atoms with Crippen LogP contribution in [0.15, 0.2) is 18.2 Å². The maximum Gasteiger partial charge on any atom is 0.231 e. The Labute approximate surface area is 82.8 Å². The van der Waals surface area contributed by atoms with Crippen LogP contribution in [0.4, 0.5) is 0 Å².